The van der Waals surface area contributed by atoms with Crippen molar-refractivity contribution in [2.45, 2.75) is 58.9 Å². The van der Waals surface area contributed by atoms with E-state index in [1.165, 1.54) is 32.9 Å². The van der Waals surface area contributed by atoms with Crippen LogP contribution >= 0.6 is 0 Å². The zero-order valence-electron chi connectivity index (χ0n) is 15.4. The van der Waals surface area contributed by atoms with Crippen LogP contribution in [0, 0.1) is 5.82 Å². The Bertz CT molecular complexity index is 576. The average Bonchev–Trinajstić information content (AvgIpc) is 2.50. The maximum Gasteiger partial charge on any atom is 0.705 e. The second-order valence-electron chi connectivity index (χ2n) is 6.00. The molecule has 0 fully saturated rings. The maximum absolute atomic E-state index is 12.9. The van der Waals surface area contributed by atoms with E-state index in [0.717, 1.165) is 31.2 Å². The van der Waals surface area contributed by atoms with Gasteiger partial charge < -0.3 is 13.3 Å². The summed E-state index contributed by atoms with van der Waals surface area (Å²) in [5, 5.41) is 0. The first-order valence-corrected chi connectivity index (χ1v) is 10.5. The largest absolute Gasteiger partial charge is 0.705 e. The molecule has 0 spiro atoms. The molecular formula is C18H25FO6Si. The van der Waals surface area contributed by atoms with E-state index in [4.69, 9.17) is 13.3 Å². The highest BCUT2D eigenvalue weighted by molar-refractivity contribution is 6.65. The second kappa shape index (κ2) is 10.7. The van der Waals surface area contributed by atoms with E-state index < -0.39 is 26.7 Å². The van der Waals surface area contributed by atoms with Gasteiger partial charge in [0.15, 0.2) is 0 Å². The van der Waals surface area contributed by atoms with Crippen molar-refractivity contribution in [3.63, 3.8) is 0 Å². The molecule has 0 saturated carbocycles. The van der Waals surface area contributed by atoms with Gasteiger partial charge in [-0.25, -0.2) is 4.39 Å². The van der Waals surface area contributed by atoms with Gasteiger partial charge in [-0.15, -0.1) is 0 Å². The van der Waals surface area contributed by atoms with Crippen molar-refractivity contribution in [2.24, 2.45) is 0 Å². The molecule has 1 aromatic carbocycles. The zero-order chi connectivity index (χ0) is 19.6. The lowest BCUT2D eigenvalue weighted by Gasteiger charge is -2.26. The summed E-state index contributed by atoms with van der Waals surface area (Å²) < 4.78 is 28.2. The minimum Gasteiger partial charge on any atom is -0.455 e. The molecule has 0 aliphatic heterocycles. The fraction of sp³-hybridized carbons (Fsp3) is 0.500. The molecular weight excluding hydrogens is 359 g/mol. The monoisotopic (exact) mass is 384 g/mol. The molecule has 0 atom stereocenters. The second-order valence-corrected chi connectivity index (χ2v) is 8.48. The number of hydrogen-bond donors (Lipinski definition) is 0. The number of carbonyl (C=O) groups excluding carboxylic acids is 3. The van der Waals surface area contributed by atoms with E-state index in [-0.39, 0.29) is 11.9 Å². The predicted octanol–water partition coefficient (Wildman–Crippen LogP) is 3.56. The molecule has 0 bridgehead atoms. The summed E-state index contributed by atoms with van der Waals surface area (Å²) in [4.78, 5) is 34.0. The van der Waals surface area contributed by atoms with Gasteiger partial charge >= 0.3 is 8.80 Å². The van der Waals surface area contributed by atoms with Crippen LogP contribution in [0.2, 0.25) is 6.04 Å². The third kappa shape index (κ3) is 8.75. The molecule has 26 heavy (non-hydrogen) atoms. The smallest absolute Gasteiger partial charge is 0.455 e. The van der Waals surface area contributed by atoms with Crippen molar-refractivity contribution >= 4 is 26.7 Å². The Kier molecular flexibility index (Phi) is 8.98. The van der Waals surface area contributed by atoms with Crippen LogP contribution in [0.5, 0.6) is 0 Å². The highest BCUT2D eigenvalue weighted by atomic mass is 28.4. The Hall–Kier alpha value is -2.22. The van der Waals surface area contributed by atoms with Crippen LogP contribution in [0.4, 0.5) is 4.39 Å². The number of unbranched alkanes of at least 4 members (excludes halogenated alkanes) is 3. The molecule has 0 aliphatic carbocycles. The maximum atomic E-state index is 12.9. The van der Waals surface area contributed by atoms with Crippen molar-refractivity contribution in [3.8, 4) is 0 Å². The van der Waals surface area contributed by atoms with E-state index in [1.807, 2.05) is 0 Å². The number of halogens is 1. The van der Waals surface area contributed by atoms with E-state index in [1.54, 1.807) is 12.1 Å². The summed E-state index contributed by atoms with van der Waals surface area (Å²) >= 11 is 0. The van der Waals surface area contributed by atoms with Gasteiger partial charge in [0, 0.05) is 20.8 Å². The number of aryl methyl sites for hydroxylation is 1. The molecule has 0 heterocycles. The van der Waals surface area contributed by atoms with E-state index in [0.29, 0.717) is 6.42 Å². The summed E-state index contributed by atoms with van der Waals surface area (Å²) in [5.74, 6) is -2.22. The Morgan fingerprint density at radius 3 is 1.73 bits per heavy atom. The first-order chi connectivity index (χ1) is 12.2. The van der Waals surface area contributed by atoms with Gasteiger partial charge in [0.2, 0.25) is 0 Å². The zero-order valence-corrected chi connectivity index (χ0v) is 16.4. The molecule has 6 nitrogen and oxygen atoms in total. The van der Waals surface area contributed by atoms with Crippen molar-refractivity contribution in [3.05, 3.63) is 35.6 Å². The third-order valence-electron chi connectivity index (χ3n) is 3.51. The van der Waals surface area contributed by atoms with Gasteiger partial charge in [-0.2, -0.15) is 0 Å². The highest BCUT2D eigenvalue weighted by Crippen LogP contribution is 2.21. The topological polar surface area (TPSA) is 78.9 Å². The molecule has 1 aromatic rings. The lowest BCUT2D eigenvalue weighted by Crippen LogP contribution is -2.49. The van der Waals surface area contributed by atoms with Gasteiger partial charge in [-0.1, -0.05) is 25.0 Å². The lowest BCUT2D eigenvalue weighted by atomic mass is 10.1. The summed E-state index contributed by atoms with van der Waals surface area (Å²) in [5.41, 5.74) is 1.06. The summed E-state index contributed by atoms with van der Waals surface area (Å²) in [6, 6.07) is 6.59. The van der Waals surface area contributed by atoms with Gasteiger partial charge in [0.1, 0.15) is 5.82 Å². The molecule has 1 rings (SSSR count). The first-order valence-electron chi connectivity index (χ1n) is 8.55. The number of carbonyl (C=O) groups is 3. The Morgan fingerprint density at radius 2 is 1.27 bits per heavy atom. The molecule has 8 heteroatoms. The molecule has 0 aliphatic rings. The number of rotatable bonds is 10. The molecule has 0 N–H and O–H groups in total. The number of benzene rings is 1. The highest BCUT2D eigenvalue weighted by Gasteiger charge is 2.51. The lowest BCUT2D eigenvalue weighted by molar-refractivity contribution is -0.147. The van der Waals surface area contributed by atoms with Gasteiger partial charge in [-0.3, -0.25) is 14.4 Å². The molecule has 0 aromatic heterocycles. The summed E-state index contributed by atoms with van der Waals surface area (Å²) in [6.45, 7) is 3.53. The predicted molar refractivity (Wildman–Crippen MR) is 94.4 cm³/mol. The molecule has 144 valence electrons. The van der Waals surface area contributed by atoms with E-state index in [2.05, 4.69) is 0 Å². The van der Waals surface area contributed by atoms with Crippen LogP contribution in [0.15, 0.2) is 24.3 Å². The van der Waals surface area contributed by atoms with Crippen molar-refractivity contribution in [1.29, 1.82) is 0 Å². The fourth-order valence-corrected chi connectivity index (χ4v) is 4.98. The van der Waals surface area contributed by atoms with E-state index >= 15 is 0 Å². The van der Waals surface area contributed by atoms with Crippen LogP contribution in [-0.4, -0.2) is 26.7 Å². The summed E-state index contributed by atoms with van der Waals surface area (Å²) in [6.07, 6.45) is 4.01. The van der Waals surface area contributed by atoms with Gasteiger partial charge in [-0.05, 0) is 37.0 Å². The van der Waals surface area contributed by atoms with Crippen molar-refractivity contribution < 1.29 is 32.1 Å². The number of hydrogen-bond acceptors (Lipinski definition) is 6. The van der Waals surface area contributed by atoms with E-state index in [9.17, 15) is 18.8 Å². The average molecular weight is 384 g/mol. The molecule has 0 saturated heterocycles. The standard InChI is InChI=1S/C18H25FO6Si/c1-14(20)23-26(24-15(2)21,25-16(3)22)13-7-5-4-6-8-17-9-11-18(19)12-10-17/h9-12H,4-8,13H2,1-3H3. The SMILES string of the molecule is CC(=O)O[Si](CCCCCCc1ccc(F)cc1)(OC(C)=O)OC(C)=O. The first kappa shape index (κ1) is 21.8. The van der Waals surface area contributed by atoms with Crippen molar-refractivity contribution in [1.82, 2.24) is 0 Å². The van der Waals surface area contributed by atoms with Crippen LogP contribution in [0.1, 0.15) is 52.0 Å². The minimum absolute atomic E-state index is 0.197. The normalized spacial score (nSPS) is 10.9. The fourth-order valence-electron chi connectivity index (χ4n) is 2.55. The van der Waals surface area contributed by atoms with Crippen LogP contribution in [-0.2, 0) is 34.1 Å². The molecule has 0 radical (unpaired) electrons. The Labute approximate surface area is 154 Å². The van der Waals surface area contributed by atoms with Crippen LogP contribution in [0.3, 0.4) is 0 Å². The van der Waals surface area contributed by atoms with Gasteiger partial charge in [0.25, 0.3) is 17.9 Å². The van der Waals surface area contributed by atoms with Crippen LogP contribution in [0.25, 0.3) is 0 Å². The Balaban J connectivity index is 2.48. The van der Waals surface area contributed by atoms with Crippen LogP contribution < -0.4 is 0 Å². The van der Waals surface area contributed by atoms with Gasteiger partial charge in [0.05, 0.1) is 6.04 Å². The minimum atomic E-state index is -3.71. The molecule has 0 unspecified atom stereocenters. The molecule has 0 amide bonds. The third-order valence-corrected chi connectivity index (χ3v) is 6.27. The summed E-state index contributed by atoms with van der Waals surface area (Å²) in [7, 11) is -3.71. The van der Waals surface area contributed by atoms with Crippen molar-refractivity contribution in [2.75, 3.05) is 0 Å². The quantitative estimate of drug-likeness (QED) is 0.453. The Morgan fingerprint density at radius 1 is 0.808 bits per heavy atom.